The molecule has 0 aromatic heterocycles. The second kappa shape index (κ2) is 7.68. The van der Waals surface area contributed by atoms with Crippen molar-refractivity contribution in [1.29, 1.82) is 0 Å². The van der Waals surface area contributed by atoms with Gasteiger partial charge in [-0.1, -0.05) is 48.0 Å². The lowest BCUT2D eigenvalue weighted by atomic mass is 10.1. The third kappa shape index (κ3) is 4.68. The largest absolute Gasteiger partial charge is 0.337 e. The Bertz CT molecular complexity index is 540. The van der Waals surface area contributed by atoms with Gasteiger partial charge in [0.05, 0.1) is 6.17 Å². The molecule has 0 saturated heterocycles. The second-order valence-corrected chi connectivity index (χ2v) is 4.64. The maximum absolute atomic E-state index is 12.0. The molecule has 0 spiro atoms. The Morgan fingerprint density at radius 1 is 1.10 bits per heavy atom. The summed E-state index contributed by atoms with van der Waals surface area (Å²) in [6, 6.07) is 17.3. The number of nitrogens with two attached hydrogens (primary N) is 1. The topological polar surface area (TPSA) is 55.1 Å². The molecule has 1 atom stereocenters. The van der Waals surface area contributed by atoms with E-state index in [0.29, 0.717) is 12.0 Å². The number of hydrogen-bond donors (Lipinski definition) is 2. The summed E-state index contributed by atoms with van der Waals surface area (Å²) in [7, 11) is 0. The van der Waals surface area contributed by atoms with Crippen molar-refractivity contribution >= 4 is 18.3 Å². The number of halogens is 1. The van der Waals surface area contributed by atoms with Crippen molar-refractivity contribution in [2.45, 2.75) is 19.5 Å². The van der Waals surface area contributed by atoms with Gasteiger partial charge in [-0.25, -0.2) is 0 Å². The SMILES string of the molecule is Cc1ccc(C(=O)NC(N)Cc2ccccc2)cc1.Cl. The van der Waals surface area contributed by atoms with Crippen LogP contribution in [0.3, 0.4) is 0 Å². The van der Waals surface area contributed by atoms with Crippen LogP contribution in [0.25, 0.3) is 0 Å². The van der Waals surface area contributed by atoms with Gasteiger partial charge in [0.15, 0.2) is 0 Å². The fraction of sp³-hybridized carbons (Fsp3) is 0.188. The number of amides is 1. The van der Waals surface area contributed by atoms with Gasteiger partial charge in [-0.2, -0.15) is 0 Å². The molecule has 0 aliphatic carbocycles. The van der Waals surface area contributed by atoms with Crippen molar-refractivity contribution in [3.8, 4) is 0 Å². The molecule has 0 bridgehead atoms. The van der Waals surface area contributed by atoms with E-state index in [1.54, 1.807) is 12.1 Å². The zero-order valence-electron chi connectivity index (χ0n) is 11.4. The van der Waals surface area contributed by atoms with Gasteiger partial charge in [0.2, 0.25) is 0 Å². The molecular formula is C16H19ClN2O. The predicted octanol–water partition coefficient (Wildman–Crippen LogP) is 2.67. The highest BCUT2D eigenvalue weighted by Crippen LogP contribution is 2.04. The van der Waals surface area contributed by atoms with Crippen LogP contribution in [0.5, 0.6) is 0 Å². The molecule has 0 aliphatic heterocycles. The zero-order chi connectivity index (χ0) is 13.7. The number of benzene rings is 2. The Morgan fingerprint density at radius 3 is 2.30 bits per heavy atom. The third-order valence-electron chi connectivity index (χ3n) is 2.93. The highest BCUT2D eigenvalue weighted by atomic mass is 35.5. The lowest BCUT2D eigenvalue weighted by Crippen LogP contribution is -2.43. The van der Waals surface area contributed by atoms with Gasteiger partial charge in [-0.05, 0) is 24.6 Å². The second-order valence-electron chi connectivity index (χ2n) is 4.64. The van der Waals surface area contributed by atoms with Crippen LogP contribution in [0.1, 0.15) is 21.5 Å². The number of carbonyl (C=O) groups excluding carboxylic acids is 1. The van der Waals surface area contributed by atoms with Gasteiger partial charge in [0, 0.05) is 12.0 Å². The summed E-state index contributed by atoms with van der Waals surface area (Å²) in [4.78, 5) is 12.0. The summed E-state index contributed by atoms with van der Waals surface area (Å²) >= 11 is 0. The molecule has 0 fully saturated rings. The van der Waals surface area contributed by atoms with Crippen LogP contribution < -0.4 is 11.1 Å². The summed E-state index contributed by atoms with van der Waals surface area (Å²) < 4.78 is 0. The van der Waals surface area contributed by atoms with Crippen LogP contribution in [0, 0.1) is 6.92 Å². The zero-order valence-corrected chi connectivity index (χ0v) is 12.2. The number of carbonyl (C=O) groups is 1. The smallest absolute Gasteiger partial charge is 0.252 e. The molecule has 4 heteroatoms. The summed E-state index contributed by atoms with van der Waals surface area (Å²) in [5, 5.41) is 2.80. The van der Waals surface area contributed by atoms with Gasteiger partial charge in [-0.3, -0.25) is 4.79 Å². The van der Waals surface area contributed by atoms with Crippen molar-refractivity contribution < 1.29 is 4.79 Å². The molecular weight excluding hydrogens is 272 g/mol. The van der Waals surface area contributed by atoms with E-state index in [1.165, 1.54) is 0 Å². The van der Waals surface area contributed by atoms with Gasteiger partial charge in [0.25, 0.3) is 5.91 Å². The molecule has 106 valence electrons. The van der Waals surface area contributed by atoms with E-state index in [2.05, 4.69) is 5.32 Å². The molecule has 0 saturated carbocycles. The summed E-state index contributed by atoms with van der Waals surface area (Å²) in [6.45, 7) is 1.99. The molecule has 2 aromatic rings. The number of nitrogens with one attached hydrogen (secondary N) is 1. The maximum atomic E-state index is 12.0. The molecule has 1 unspecified atom stereocenters. The van der Waals surface area contributed by atoms with Crippen molar-refractivity contribution in [1.82, 2.24) is 5.32 Å². The average molecular weight is 291 g/mol. The highest BCUT2D eigenvalue weighted by Gasteiger charge is 2.10. The highest BCUT2D eigenvalue weighted by molar-refractivity contribution is 5.94. The molecule has 0 aliphatic rings. The maximum Gasteiger partial charge on any atom is 0.252 e. The molecule has 2 aromatic carbocycles. The Labute approximate surface area is 125 Å². The fourth-order valence-electron chi connectivity index (χ4n) is 1.88. The monoisotopic (exact) mass is 290 g/mol. The summed E-state index contributed by atoms with van der Waals surface area (Å²) in [5.74, 6) is -0.136. The summed E-state index contributed by atoms with van der Waals surface area (Å²) in [5.41, 5.74) is 8.82. The Balaban J connectivity index is 0.00000200. The predicted molar refractivity (Wildman–Crippen MR) is 84.0 cm³/mol. The molecule has 3 nitrogen and oxygen atoms in total. The van der Waals surface area contributed by atoms with Crippen molar-refractivity contribution in [3.05, 3.63) is 71.3 Å². The molecule has 20 heavy (non-hydrogen) atoms. The van der Waals surface area contributed by atoms with Crippen molar-refractivity contribution in [2.24, 2.45) is 5.73 Å². The third-order valence-corrected chi connectivity index (χ3v) is 2.93. The Hall–Kier alpha value is -1.84. The standard InChI is InChI=1S/C16H18N2O.ClH/c1-12-7-9-14(10-8-12)16(19)18-15(17)11-13-5-3-2-4-6-13;/h2-10,15H,11,17H2,1H3,(H,18,19);1H. The van der Waals surface area contributed by atoms with Crippen molar-refractivity contribution in [3.63, 3.8) is 0 Å². The fourth-order valence-corrected chi connectivity index (χ4v) is 1.88. The lowest BCUT2D eigenvalue weighted by molar-refractivity contribution is 0.0938. The molecule has 3 N–H and O–H groups in total. The number of rotatable bonds is 4. The molecule has 2 rings (SSSR count). The normalized spacial score (nSPS) is 11.3. The van der Waals surface area contributed by atoms with Crippen LogP contribution in [0.15, 0.2) is 54.6 Å². The van der Waals surface area contributed by atoms with E-state index in [0.717, 1.165) is 11.1 Å². The minimum atomic E-state index is -0.379. The van der Waals surface area contributed by atoms with Gasteiger partial charge >= 0.3 is 0 Å². The van der Waals surface area contributed by atoms with Crippen LogP contribution >= 0.6 is 12.4 Å². The van der Waals surface area contributed by atoms with Gasteiger partial charge in [-0.15, -0.1) is 12.4 Å². The minimum absolute atomic E-state index is 0. The average Bonchev–Trinajstić information content (AvgIpc) is 2.40. The summed E-state index contributed by atoms with van der Waals surface area (Å²) in [6.07, 6.45) is 0.245. The van der Waals surface area contributed by atoms with E-state index < -0.39 is 0 Å². The first-order chi connectivity index (χ1) is 9.15. The van der Waals surface area contributed by atoms with Crippen LogP contribution in [-0.2, 0) is 6.42 Å². The molecule has 0 radical (unpaired) electrons. The van der Waals surface area contributed by atoms with Crippen LogP contribution in [-0.4, -0.2) is 12.1 Å². The van der Waals surface area contributed by atoms with E-state index in [9.17, 15) is 4.79 Å². The Kier molecular flexibility index (Phi) is 6.22. The van der Waals surface area contributed by atoms with E-state index in [4.69, 9.17) is 5.73 Å². The number of hydrogen-bond acceptors (Lipinski definition) is 2. The van der Waals surface area contributed by atoms with Crippen LogP contribution in [0.2, 0.25) is 0 Å². The van der Waals surface area contributed by atoms with Crippen LogP contribution in [0.4, 0.5) is 0 Å². The lowest BCUT2D eigenvalue weighted by Gasteiger charge is -2.14. The molecule has 1 amide bonds. The quantitative estimate of drug-likeness (QED) is 0.851. The van der Waals surface area contributed by atoms with E-state index >= 15 is 0 Å². The Morgan fingerprint density at radius 2 is 1.70 bits per heavy atom. The first-order valence-electron chi connectivity index (χ1n) is 6.32. The van der Waals surface area contributed by atoms with Crippen molar-refractivity contribution in [2.75, 3.05) is 0 Å². The number of aryl methyl sites for hydroxylation is 1. The minimum Gasteiger partial charge on any atom is -0.337 e. The van der Waals surface area contributed by atoms with Gasteiger partial charge in [0.1, 0.15) is 0 Å². The first kappa shape index (κ1) is 16.2. The van der Waals surface area contributed by atoms with E-state index in [-0.39, 0.29) is 24.5 Å². The van der Waals surface area contributed by atoms with Gasteiger partial charge < -0.3 is 11.1 Å². The molecule has 0 heterocycles. The first-order valence-corrected chi connectivity index (χ1v) is 6.32. The van der Waals surface area contributed by atoms with E-state index in [1.807, 2.05) is 49.4 Å².